The fraction of sp³-hybridized carbons (Fsp3) is 0.364. The summed E-state index contributed by atoms with van der Waals surface area (Å²) in [5, 5.41) is 3.96. The van der Waals surface area contributed by atoms with E-state index in [1.54, 1.807) is 0 Å². The summed E-state index contributed by atoms with van der Waals surface area (Å²) in [7, 11) is 0. The first-order valence-corrected chi connectivity index (χ1v) is 9.49. The highest BCUT2D eigenvalue weighted by atomic mass is 16.2. The third-order valence-corrected chi connectivity index (χ3v) is 4.72. The van der Waals surface area contributed by atoms with Gasteiger partial charge in [-0.05, 0) is 37.1 Å². The van der Waals surface area contributed by atoms with Gasteiger partial charge in [0.1, 0.15) is 0 Å². The number of rotatable bonds is 6. The third kappa shape index (κ3) is 6.01. The Balaban J connectivity index is 1.46. The second kappa shape index (κ2) is 9.44. The molecule has 1 aliphatic heterocycles. The summed E-state index contributed by atoms with van der Waals surface area (Å²) in [6.07, 6.45) is 0. The third-order valence-electron chi connectivity index (χ3n) is 4.72. The van der Waals surface area contributed by atoms with Crippen molar-refractivity contribution < 1.29 is 4.79 Å². The van der Waals surface area contributed by atoms with Crippen molar-refractivity contribution >= 4 is 11.6 Å². The van der Waals surface area contributed by atoms with Crippen LogP contribution in [0, 0.1) is 0 Å². The predicted molar refractivity (Wildman–Crippen MR) is 110 cm³/mol. The Morgan fingerprint density at radius 3 is 1.89 bits per heavy atom. The molecule has 0 atom stereocenters. The van der Waals surface area contributed by atoms with Gasteiger partial charge in [0.15, 0.2) is 0 Å². The Hall–Kier alpha value is -2.50. The fourth-order valence-electron chi connectivity index (χ4n) is 3.19. The van der Waals surface area contributed by atoms with Gasteiger partial charge in [-0.15, -0.1) is 0 Å². The average Bonchev–Trinajstić information content (AvgIpc) is 2.69. The summed E-state index contributed by atoms with van der Waals surface area (Å²) in [5.74, 6) is -0.169. The van der Waals surface area contributed by atoms with Crippen molar-refractivity contribution in [2.75, 3.05) is 26.2 Å². The number of carbonyl (C=O) groups excluding carboxylic acids is 1. The van der Waals surface area contributed by atoms with Crippen LogP contribution in [-0.4, -0.2) is 47.6 Å². The number of hydrazone groups is 1. The van der Waals surface area contributed by atoms with E-state index in [0.717, 1.165) is 45.0 Å². The molecule has 0 aliphatic carbocycles. The number of amides is 1. The maximum absolute atomic E-state index is 12.0. The molecule has 0 spiro atoms. The summed E-state index contributed by atoms with van der Waals surface area (Å²) in [5.41, 5.74) is 6.63. The van der Waals surface area contributed by atoms with Crippen molar-refractivity contribution in [2.24, 2.45) is 5.10 Å². The number of benzene rings is 2. The average molecular weight is 364 g/mol. The van der Waals surface area contributed by atoms with Crippen LogP contribution in [0.2, 0.25) is 0 Å². The summed E-state index contributed by atoms with van der Waals surface area (Å²) < 4.78 is 0. The molecule has 2 aromatic carbocycles. The zero-order chi connectivity index (χ0) is 19.1. The van der Waals surface area contributed by atoms with Gasteiger partial charge >= 0.3 is 0 Å². The Bertz CT molecular complexity index is 759. The lowest BCUT2D eigenvalue weighted by atomic mass is 10.1. The summed E-state index contributed by atoms with van der Waals surface area (Å²) in [6.45, 7) is 9.96. The van der Waals surface area contributed by atoms with E-state index in [1.807, 2.05) is 38.1 Å². The Morgan fingerprint density at radius 1 is 0.852 bits per heavy atom. The maximum atomic E-state index is 12.0. The molecule has 1 saturated heterocycles. The molecular weight excluding hydrogens is 336 g/mol. The second-order valence-electron chi connectivity index (χ2n) is 7.23. The zero-order valence-corrected chi connectivity index (χ0v) is 16.2. The molecule has 2 aromatic rings. The molecule has 5 heteroatoms. The van der Waals surface area contributed by atoms with E-state index in [4.69, 9.17) is 0 Å². The summed E-state index contributed by atoms with van der Waals surface area (Å²) in [6, 6.07) is 18.5. The van der Waals surface area contributed by atoms with Crippen LogP contribution in [0.25, 0.3) is 0 Å². The van der Waals surface area contributed by atoms with Crippen molar-refractivity contribution in [2.45, 2.75) is 26.9 Å². The number of hydrogen-bond donors (Lipinski definition) is 1. The van der Waals surface area contributed by atoms with Gasteiger partial charge in [-0.3, -0.25) is 14.6 Å². The topological polar surface area (TPSA) is 47.9 Å². The van der Waals surface area contributed by atoms with Crippen LogP contribution >= 0.6 is 0 Å². The van der Waals surface area contributed by atoms with E-state index >= 15 is 0 Å². The highest BCUT2D eigenvalue weighted by Crippen LogP contribution is 2.12. The first-order valence-electron chi connectivity index (χ1n) is 9.49. The maximum Gasteiger partial charge on any atom is 0.271 e. The fourth-order valence-corrected chi connectivity index (χ4v) is 3.19. The standard InChI is InChI=1S/C22H28N4O/c1-18(2)23-24-22(27)21-10-8-20(9-11-21)17-26-14-12-25(13-15-26)16-19-6-4-3-5-7-19/h3-11H,12-17H2,1-2H3,(H,24,27). The minimum absolute atomic E-state index is 0.169. The second-order valence-corrected chi connectivity index (χ2v) is 7.23. The Labute approximate surface area is 161 Å². The van der Waals surface area contributed by atoms with Gasteiger partial charge in [0.2, 0.25) is 0 Å². The van der Waals surface area contributed by atoms with Gasteiger partial charge < -0.3 is 0 Å². The molecule has 142 valence electrons. The van der Waals surface area contributed by atoms with E-state index in [0.29, 0.717) is 5.56 Å². The van der Waals surface area contributed by atoms with Crippen LogP contribution in [0.1, 0.15) is 35.3 Å². The van der Waals surface area contributed by atoms with E-state index in [-0.39, 0.29) is 5.91 Å². The SMILES string of the molecule is CC(C)=NNC(=O)c1ccc(CN2CCN(Cc3ccccc3)CC2)cc1. The lowest BCUT2D eigenvalue weighted by Gasteiger charge is -2.34. The minimum Gasteiger partial charge on any atom is -0.297 e. The first kappa shape index (κ1) is 19.3. The monoisotopic (exact) mass is 364 g/mol. The predicted octanol–water partition coefficient (Wildman–Crippen LogP) is 3.13. The van der Waals surface area contributed by atoms with Gasteiger partial charge in [0.25, 0.3) is 5.91 Å². The molecule has 5 nitrogen and oxygen atoms in total. The van der Waals surface area contributed by atoms with Crippen LogP contribution in [0.3, 0.4) is 0 Å². The highest BCUT2D eigenvalue weighted by molar-refractivity contribution is 5.95. The quantitative estimate of drug-likeness (QED) is 0.633. The molecule has 1 N–H and O–H groups in total. The Kier molecular flexibility index (Phi) is 6.74. The molecule has 1 fully saturated rings. The molecule has 1 aliphatic rings. The van der Waals surface area contributed by atoms with Crippen molar-refractivity contribution in [3.63, 3.8) is 0 Å². The van der Waals surface area contributed by atoms with Crippen molar-refractivity contribution in [3.8, 4) is 0 Å². The van der Waals surface area contributed by atoms with E-state index in [1.165, 1.54) is 11.1 Å². The highest BCUT2D eigenvalue weighted by Gasteiger charge is 2.17. The van der Waals surface area contributed by atoms with Crippen LogP contribution in [0.5, 0.6) is 0 Å². The molecule has 0 saturated carbocycles. The van der Waals surface area contributed by atoms with Crippen LogP contribution in [-0.2, 0) is 13.1 Å². The van der Waals surface area contributed by atoms with Gasteiger partial charge in [0, 0.05) is 50.5 Å². The number of nitrogens with zero attached hydrogens (tertiary/aromatic N) is 3. The normalized spacial score (nSPS) is 15.3. The van der Waals surface area contributed by atoms with E-state index in [2.05, 4.69) is 50.7 Å². The van der Waals surface area contributed by atoms with Crippen molar-refractivity contribution in [1.82, 2.24) is 15.2 Å². The molecule has 3 rings (SSSR count). The van der Waals surface area contributed by atoms with Gasteiger partial charge in [-0.25, -0.2) is 5.43 Å². The molecule has 1 heterocycles. The lowest BCUT2D eigenvalue weighted by Crippen LogP contribution is -2.45. The summed E-state index contributed by atoms with van der Waals surface area (Å²) in [4.78, 5) is 17.0. The largest absolute Gasteiger partial charge is 0.297 e. The Morgan fingerprint density at radius 2 is 1.37 bits per heavy atom. The molecule has 0 radical (unpaired) electrons. The zero-order valence-electron chi connectivity index (χ0n) is 16.2. The molecule has 27 heavy (non-hydrogen) atoms. The molecule has 1 amide bonds. The van der Waals surface area contributed by atoms with Crippen LogP contribution in [0.15, 0.2) is 59.7 Å². The van der Waals surface area contributed by atoms with E-state index < -0.39 is 0 Å². The summed E-state index contributed by atoms with van der Waals surface area (Å²) >= 11 is 0. The van der Waals surface area contributed by atoms with Crippen LogP contribution < -0.4 is 5.43 Å². The number of nitrogens with one attached hydrogen (secondary N) is 1. The van der Waals surface area contributed by atoms with Crippen molar-refractivity contribution in [3.05, 3.63) is 71.3 Å². The van der Waals surface area contributed by atoms with Gasteiger partial charge in [-0.1, -0.05) is 42.5 Å². The lowest BCUT2D eigenvalue weighted by molar-refractivity contribution is 0.0954. The van der Waals surface area contributed by atoms with Crippen LogP contribution in [0.4, 0.5) is 0 Å². The minimum atomic E-state index is -0.169. The smallest absolute Gasteiger partial charge is 0.271 e. The molecule has 0 bridgehead atoms. The first-order chi connectivity index (χ1) is 13.1. The molecule has 0 unspecified atom stereocenters. The number of hydrogen-bond acceptors (Lipinski definition) is 4. The van der Waals surface area contributed by atoms with Crippen molar-refractivity contribution in [1.29, 1.82) is 0 Å². The molecule has 0 aromatic heterocycles. The number of carbonyl (C=O) groups is 1. The van der Waals surface area contributed by atoms with Gasteiger partial charge in [0.05, 0.1) is 0 Å². The van der Waals surface area contributed by atoms with E-state index in [9.17, 15) is 4.79 Å². The number of piperazine rings is 1. The molecular formula is C22H28N4O. The van der Waals surface area contributed by atoms with Gasteiger partial charge in [-0.2, -0.15) is 5.10 Å².